The van der Waals surface area contributed by atoms with Gasteiger partial charge in [0, 0.05) is 47.9 Å². The number of hydrogen-bond acceptors (Lipinski definition) is 5. The molecule has 0 saturated heterocycles. The highest BCUT2D eigenvalue weighted by Crippen LogP contribution is 2.46. The van der Waals surface area contributed by atoms with Gasteiger partial charge in [0.25, 0.3) is 0 Å². The third-order valence-electron chi connectivity index (χ3n) is 8.88. The van der Waals surface area contributed by atoms with Crippen LogP contribution in [0.3, 0.4) is 0 Å². The fraction of sp³-hybridized carbons (Fsp3) is 0. The molecule has 0 fully saturated rings. The molecule has 0 aliphatic rings. The number of oxazole rings is 1. The summed E-state index contributed by atoms with van der Waals surface area (Å²) in [4.78, 5) is 7.15. The molecule has 0 aliphatic carbocycles. The molecule has 0 atom stereocenters. The second kappa shape index (κ2) is 9.80. The Hall–Kier alpha value is -5.91. The molecule has 0 radical (unpaired) electrons. The van der Waals surface area contributed by atoms with Crippen LogP contribution in [-0.4, -0.2) is 4.98 Å². The van der Waals surface area contributed by atoms with Gasteiger partial charge in [-0.3, -0.25) is 0 Å². The molecule has 216 valence electrons. The van der Waals surface area contributed by atoms with Crippen LogP contribution in [-0.2, 0) is 0 Å². The Kier molecular flexibility index (Phi) is 5.41. The maximum atomic E-state index is 6.76. The lowest BCUT2D eigenvalue weighted by molar-refractivity contribution is 0.620. The predicted molar refractivity (Wildman–Crippen MR) is 192 cm³/mol. The number of thiophene rings is 1. The third-order valence-corrected chi connectivity index (χ3v) is 10.0. The van der Waals surface area contributed by atoms with Gasteiger partial charge in [0.1, 0.15) is 11.1 Å². The van der Waals surface area contributed by atoms with E-state index in [2.05, 4.69) is 114 Å². The lowest BCUT2D eigenvalue weighted by atomic mass is 10.0. The summed E-state index contributed by atoms with van der Waals surface area (Å²) in [5.74, 6) is 0.584. The quantitative estimate of drug-likeness (QED) is 0.199. The van der Waals surface area contributed by atoms with Gasteiger partial charge >= 0.3 is 0 Å². The number of hydrogen-bond donors (Lipinski definition) is 0. The lowest BCUT2D eigenvalue weighted by Gasteiger charge is -2.26. The first-order chi connectivity index (χ1) is 22.8. The van der Waals surface area contributed by atoms with Crippen molar-refractivity contribution in [3.8, 4) is 11.5 Å². The Bertz CT molecular complexity index is 2750. The molecule has 3 aromatic heterocycles. The molecule has 4 nitrogen and oxygen atoms in total. The summed E-state index contributed by atoms with van der Waals surface area (Å²) in [6.07, 6.45) is 0. The number of fused-ring (bicyclic) bond motifs is 8. The van der Waals surface area contributed by atoms with Gasteiger partial charge in [-0.1, -0.05) is 78.9 Å². The van der Waals surface area contributed by atoms with Crippen molar-refractivity contribution in [3.63, 3.8) is 0 Å². The van der Waals surface area contributed by atoms with Crippen molar-refractivity contribution in [2.24, 2.45) is 0 Å². The van der Waals surface area contributed by atoms with Gasteiger partial charge in [-0.15, -0.1) is 11.3 Å². The van der Waals surface area contributed by atoms with Crippen LogP contribution in [0.15, 0.2) is 154 Å². The van der Waals surface area contributed by atoms with E-state index >= 15 is 0 Å². The monoisotopic (exact) mass is 608 g/mol. The number of benzene rings is 7. The minimum absolute atomic E-state index is 0.584. The van der Waals surface area contributed by atoms with E-state index in [4.69, 9.17) is 13.8 Å². The summed E-state index contributed by atoms with van der Waals surface area (Å²) < 4.78 is 15.6. The second-order valence-corrected chi connectivity index (χ2v) is 12.7. The zero-order chi connectivity index (χ0) is 30.2. The van der Waals surface area contributed by atoms with E-state index in [0.29, 0.717) is 5.89 Å². The predicted octanol–water partition coefficient (Wildman–Crippen LogP) is 12.4. The minimum atomic E-state index is 0.584. The summed E-state index contributed by atoms with van der Waals surface area (Å²) in [5.41, 5.74) is 7.20. The average Bonchev–Trinajstić information content (AvgIpc) is 3.82. The van der Waals surface area contributed by atoms with Crippen molar-refractivity contribution in [2.45, 2.75) is 0 Å². The highest BCUT2D eigenvalue weighted by atomic mass is 32.1. The van der Waals surface area contributed by atoms with Crippen LogP contribution in [0.5, 0.6) is 0 Å². The van der Waals surface area contributed by atoms with Crippen molar-refractivity contribution in [1.82, 2.24) is 4.98 Å². The number of rotatable bonds is 4. The lowest BCUT2D eigenvalue weighted by Crippen LogP contribution is -2.10. The molecule has 0 N–H and O–H groups in total. The minimum Gasteiger partial charge on any atom is -0.454 e. The maximum Gasteiger partial charge on any atom is 0.228 e. The Morgan fingerprint density at radius 1 is 0.522 bits per heavy atom. The largest absolute Gasteiger partial charge is 0.454 e. The standard InChI is InChI=1S/C41H24N2O2S/c1-2-10-26-23-27(20-19-25(26)9-1)43(28-21-22-38-32(24-28)29-11-3-6-18-37(29)46-38)34-15-7-12-30-39-31(13-8-17-36(39)44-40(30)34)41-42-33-14-4-5-16-35(33)45-41/h1-24H. The molecule has 0 spiro atoms. The zero-order valence-electron chi connectivity index (χ0n) is 24.5. The van der Waals surface area contributed by atoms with Crippen LogP contribution in [0.25, 0.3) is 75.4 Å². The van der Waals surface area contributed by atoms with Gasteiger partial charge in [0.15, 0.2) is 11.2 Å². The molecule has 0 amide bonds. The van der Waals surface area contributed by atoms with E-state index in [1.165, 1.54) is 30.9 Å². The normalized spacial score (nSPS) is 11.9. The molecule has 0 aliphatic heterocycles. The Labute approximate surface area is 267 Å². The first-order valence-electron chi connectivity index (χ1n) is 15.3. The van der Waals surface area contributed by atoms with Gasteiger partial charge < -0.3 is 13.7 Å². The number of para-hydroxylation sites is 3. The van der Waals surface area contributed by atoms with Crippen LogP contribution in [0.4, 0.5) is 17.1 Å². The van der Waals surface area contributed by atoms with Crippen LogP contribution in [0, 0.1) is 0 Å². The van der Waals surface area contributed by atoms with Gasteiger partial charge in [0.2, 0.25) is 5.89 Å². The molecule has 0 unspecified atom stereocenters. The van der Waals surface area contributed by atoms with Crippen LogP contribution >= 0.6 is 11.3 Å². The highest BCUT2D eigenvalue weighted by molar-refractivity contribution is 7.25. The molecule has 0 saturated carbocycles. The Morgan fingerprint density at radius 3 is 2.22 bits per heavy atom. The third kappa shape index (κ3) is 3.82. The molecule has 0 bridgehead atoms. The highest BCUT2D eigenvalue weighted by Gasteiger charge is 2.23. The van der Waals surface area contributed by atoms with E-state index in [9.17, 15) is 0 Å². The number of furan rings is 1. The first kappa shape index (κ1) is 25.4. The number of aromatic nitrogens is 1. The van der Waals surface area contributed by atoms with Crippen LogP contribution < -0.4 is 4.90 Å². The summed E-state index contributed by atoms with van der Waals surface area (Å²) in [7, 11) is 0. The SMILES string of the molecule is c1ccc2cc(N(c3ccc4sc5ccccc5c4c3)c3cccc4c3oc3cccc(-c5nc6ccccc6o5)c34)ccc2c1. The van der Waals surface area contributed by atoms with Crippen LogP contribution in [0.1, 0.15) is 0 Å². The van der Waals surface area contributed by atoms with Gasteiger partial charge in [0.05, 0.1) is 5.69 Å². The average molecular weight is 609 g/mol. The van der Waals surface area contributed by atoms with Crippen molar-refractivity contribution < 1.29 is 8.83 Å². The zero-order valence-corrected chi connectivity index (χ0v) is 25.3. The van der Waals surface area contributed by atoms with E-state index in [1.54, 1.807) is 0 Å². The molecular formula is C41H24N2O2S. The molecule has 7 aromatic carbocycles. The van der Waals surface area contributed by atoms with Crippen molar-refractivity contribution in [3.05, 3.63) is 146 Å². The topological polar surface area (TPSA) is 42.4 Å². The van der Waals surface area contributed by atoms with Crippen molar-refractivity contribution >= 4 is 92.4 Å². The van der Waals surface area contributed by atoms with Crippen LogP contribution in [0.2, 0.25) is 0 Å². The summed E-state index contributed by atoms with van der Waals surface area (Å²) in [5, 5.41) is 6.91. The van der Waals surface area contributed by atoms with E-state index in [0.717, 1.165) is 55.7 Å². The van der Waals surface area contributed by atoms with E-state index in [1.807, 2.05) is 47.7 Å². The second-order valence-electron chi connectivity index (χ2n) is 11.6. The summed E-state index contributed by atoms with van der Waals surface area (Å²) in [6.45, 7) is 0. The molecular weight excluding hydrogens is 585 g/mol. The number of nitrogens with zero attached hydrogens (tertiary/aromatic N) is 2. The smallest absolute Gasteiger partial charge is 0.228 e. The van der Waals surface area contributed by atoms with Crippen molar-refractivity contribution in [2.75, 3.05) is 4.90 Å². The molecule has 10 aromatic rings. The Morgan fingerprint density at radius 2 is 1.26 bits per heavy atom. The Balaban J connectivity index is 1.24. The van der Waals surface area contributed by atoms with E-state index < -0.39 is 0 Å². The van der Waals surface area contributed by atoms with Gasteiger partial charge in [-0.2, -0.15) is 0 Å². The summed E-state index contributed by atoms with van der Waals surface area (Å²) in [6, 6.07) is 50.9. The fourth-order valence-corrected chi connectivity index (χ4v) is 7.86. The fourth-order valence-electron chi connectivity index (χ4n) is 6.77. The van der Waals surface area contributed by atoms with Gasteiger partial charge in [-0.25, -0.2) is 4.98 Å². The first-order valence-corrected chi connectivity index (χ1v) is 16.1. The number of anilines is 3. The van der Waals surface area contributed by atoms with E-state index in [-0.39, 0.29) is 0 Å². The molecule has 10 rings (SSSR count). The molecule has 3 heterocycles. The van der Waals surface area contributed by atoms with Gasteiger partial charge in [-0.05, 0) is 77.5 Å². The summed E-state index contributed by atoms with van der Waals surface area (Å²) >= 11 is 1.83. The molecule has 46 heavy (non-hydrogen) atoms. The van der Waals surface area contributed by atoms with Crippen molar-refractivity contribution in [1.29, 1.82) is 0 Å². The maximum absolute atomic E-state index is 6.76. The molecule has 5 heteroatoms.